The van der Waals surface area contributed by atoms with E-state index < -0.39 is 10.0 Å². The van der Waals surface area contributed by atoms with Gasteiger partial charge in [0.25, 0.3) is 5.91 Å². The highest BCUT2D eigenvalue weighted by Crippen LogP contribution is 2.22. The molecule has 2 unspecified atom stereocenters. The van der Waals surface area contributed by atoms with Crippen molar-refractivity contribution in [1.29, 1.82) is 0 Å². The van der Waals surface area contributed by atoms with E-state index in [1.54, 1.807) is 16.4 Å². The first-order valence-corrected chi connectivity index (χ1v) is 10.1. The van der Waals surface area contributed by atoms with Gasteiger partial charge < -0.3 is 14.5 Å². The van der Waals surface area contributed by atoms with Gasteiger partial charge in [-0.3, -0.25) is 4.79 Å². The molecule has 0 saturated carbocycles. The quantitative estimate of drug-likeness (QED) is 0.828. The third kappa shape index (κ3) is 4.37. The van der Waals surface area contributed by atoms with E-state index in [1.807, 2.05) is 0 Å². The van der Waals surface area contributed by atoms with Crippen molar-refractivity contribution in [2.24, 2.45) is 5.92 Å². The SMILES string of the molecule is O=C(NCC1CCCN(S(=O)(=O)CC2CCCO2)C1)c1ccco1. The molecule has 7 nitrogen and oxygen atoms in total. The van der Waals surface area contributed by atoms with E-state index in [1.165, 1.54) is 6.26 Å². The predicted molar refractivity (Wildman–Crippen MR) is 88.1 cm³/mol. The van der Waals surface area contributed by atoms with Crippen LogP contribution in [-0.4, -0.2) is 56.7 Å². The van der Waals surface area contributed by atoms with E-state index in [9.17, 15) is 13.2 Å². The van der Waals surface area contributed by atoms with Gasteiger partial charge in [0.1, 0.15) is 0 Å². The average molecular weight is 356 g/mol. The molecule has 24 heavy (non-hydrogen) atoms. The lowest BCUT2D eigenvalue weighted by Gasteiger charge is -2.32. The number of carbonyl (C=O) groups excluding carboxylic acids is 1. The number of nitrogens with one attached hydrogen (secondary N) is 1. The molecule has 2 fully saturated rings. The zero-order valence-electron chi connectivity index (χ0n) is 13.6. The van der Waals surface area contributed by atoms with Crippen LogP contribution in [0.3, 0.4) is 0 Å². The third-order valence-corrected chi connectivity index (χ3v) is 6.50. The van der Waals surface area contributed by atoms with Crippen molar-refractivity contribution in [1.82, 2.24) is 9.62 Å². The summed E-state index contributed by atoms with van der Waals surface area (Å²) in [6.45, 7) is 2.11. The molecule has 8 heteroatoms. The minimum atomic E-state index is -3.30. The van der Waals surface area contributed by atoms with Crippen molar-refractivity contribution in [3.8, 4) is 0 Å². The van der Waals surface area contributed by atoms with Gasteiger partial charge in [0.05, 0.1) is 18.1 Å². The minimum Gasteiger partial charge on any atom is -0.459 e. The molecule has 1 aromatic rings. The number of rotatable bonds is 6. The smallest absolute Gasteiger partial charge is 0.286 e. The molecule has 2 saturated heterocycles. The normalized spacial score (nSPS) is 25.7. The summed E-state index contributed by atoms with van der Waals surface area (Å²) in [5, 5.41) is 2.82. The molecule has 3 rings (SSSR count). The largest absolute Gasteiger partial charge is 0.459 e. The van der Waals surface area contributed by atoms with E-state index in [0.29, 0.717) is 26.2 Å². The van der Waals surface area contributed by atoms with Crippen LogP contribution in [0, 0.1) is 5.92 Å². The van der Waals surface area contributed by atoms with Crippen LogP contribution in [0.25, 0.3) is 0 Å². The first-order valence-electron chi connectivity index (χ1n) is 8.46. The van der Waals surface area contributed by atoms with Gasteiger partial charge in [-0.15, -0.1) is 0 Å². The van der Waals surface area contributed by atoms with E-state index in [-0.39, 0.29) is 29.4 Å². The molecule has 1 N–H and O–H groups in total. The summed E-state index contributed by atoms with van der Waals surface area (Å²) < 4.78 is 37.2. The zero-order valence-corrected chi connectivity index (χ0v) is 14.5. The summed E-state index contributed by atoms with van der Waals surface area (Å²) in [5.74, 6) is 0.198. The van der Waals surface area contributed by atoms with Gasteiger partial charge in [0.2, 0.25) is 10.0 Å². The Morgan fingerprint density at radius 2 is 2.21 bits per heavy atom. The van der Waals surface area contributed by atoms with Crippen LogP contribution in [0.1, 0.15) is 36.2 Å². The van der Waals surface area contributed by atoms with E-state index in [2.05, 4.69) is 5.32 Å². The maximum Gasteiger partial charge on any atom is 0.286 e. The van der Waals surface area contributed by atoms with E-state index in [0.717, 1.165) is 25.7 Å². The first kappa shape index (κ1) is 17.4. The fourth-order valence-corrected chi connectivity index (χ4v) is 5.08. The molecular formula is C16H24N2O5S. The summed E-state index contributed by atoms with van der Waals surface area (Å²) >= 11 is 0. The summed E-state index contributed by atoms with van der Waals surface area (Å²) in [6.07, 6.45) is 4.75. The van der Waals surface area contributed by atoms with E-state index in [4.69, 9.17) is 9.15 Å². The standard InChI is InChI=1S/C16H24N2O5S/c19-16(15-6-3-9-23-15)17-10-13-4-1-7-18(11-13)24(20,21)12-14-5-2-8-22-14/h3,6,9,13-14H,1-2,4-5,7-8,10-12H2,(H,17,19). The maximum atomic E-state index is 12.6. The van der Waals surface area contributed by atoms with Gasteiger partial charge in [-0.05, 0) is 43.7 Å². The van der Waals surface area contributed by atoms with Crippen molar-refractivity contribution in [2.45, 2.75) is 31.8 Å². The Morgan fingerprint density at radius 3 is 2.92 bits per heavy atom. The molecule has 0 radical (unpaired) electrons. The molecule has 0 spiro atoms. The number of sulfonamides is 1. The molecule has 3 heterocycles. The second-order valence-electron chi connectivity index (χ2n) is 6.47. The van der Waals surface area contributed by atoms with Gasteiger partial charge in [-0.2, -0.15) is 0 Å². The molecule has 2 aliphatic rings. The minimum absolute atomic E-state index is 0.0679. The summed E-state index contributed by atoms with van der Waals surface area (Å²) in [5.41, 5.74) is 0. The molecule has 2 aliphatic heterocycles. The molecule has 2 atom stereocenters. The maximum absolute atomic E-state index is 12.6. The van der Waals surface area contributed by atoms with Gasteiger partial charge >= 0.3 is 0 Å². The lowest BCUT2D eigenvalue weighted by Crippen LogP contribution is -2.45. The number of hydrogen-bond donors (Lipinski definition) is 1. The first-order chi connectivity index (χ1) is 11.5. The second-order valence-corrected chi connectivity index (χ2v) is 8.48. The van der Waals surface area contributed by atoms with Crippen LogP contribution in [0.15, 0.2) is 22.8 Å². The van der Waals surface area contributed by atoms with Crippen molar-refractivity contribution in [3.63, 3.8) is 0 Å². The molecular weight excluding hydrogens is 332 g/mol. The number of amides is 1. The number of hydrogen-bond acceptors (Lipinski definition) is 5. The predicted octanol–water partition coefficient (Wildman–Crippen LogP) is 1.23. The van der Waals surface area contributed by atoms with Crippen molar-refractivity contribution in [3.05, 3.63) is 24.2 Å². The lowest BCUT2D eigenvalue weighted by atomic mass is 10.00. The van der Waals surface area contributed by atoms with Crippen molar-refractivity contribution < 1.29 is 22.4 Å². The molecule has 0 aromatic carbocycles. The van der Waals surface area contributed by atoms with Crippen LogP contribution in [-0.2, 0) is 14.8 Å². The summed E-state index contributed by atoms with van der Waals surface area (Å²) in [7, 11) is -3.30. The Labute approximate surface area is 142 Å². The molecule has 1 amide bonds. The number of furan rings is 1. The zero-order chi connectivity index (χ0) is 17.0. The summed E-state index contributed by atoms with van der Waals surface area (Å²) in [6, 6.07) is 3.27. The number of ether oxygens (including phenoxy) is 1. The van der Waals surface area contributed by atoms with E-state index >= 15 is 0 Å². The Balaban J connectivity index is 1.51. The van der Waals surface area contributed by atoms with Crippen LogP contribution in [0.4, 0.5) is 0 Å². The average Bonchev–Trinajstić information content (AvgIpc) is 3.26. The fourth-order valence-electron chi connectivity index (χ4n) is 3.29. The number of carbonyl (C=O) groups is 1. The Morgan fingerprint density at radius 1 is 1.33 bits per heavy atom. The van der Waals surface area contributed by atoms with Crippen LogP contribution in [0.5, 0.6) is 0 Å². The molecule has 1 aromatic heterocycles. The van der Waals surface area contributed by atoms with Gasteiger partial charge in [-0.25, -0.2) is 12.7 Å². The molecule has 0 bridgehead atoms. The monoisotopic (exact) mass is 356 g/mol. The van der Waals surface area contributed by atoms with Crippen molar-refractivity contribution in [2.75, 3.05) is 32.0 Å². The Kier molecular flexibility index (Phi) is 5.57. The highest BCUT2D eigenvalue weighted by molar-refractivity contribution is 7.89. The van der Waals surface area contributed by atoms with Gasteiger partial charge in [0.15, 0.2) is 5.76 Å². The highest BCUT2D eigenvalue weighted by Gasteiger charge is 2.32. The van der Waals surface area contributed by atoms with Gasteiger partial charge in [-0.1, -0.05) is 0 Å². The van der Waals surface area contributed by atoms with Gasteiger partial charge in [0, 0.05) is 26.2 Å². The Bertz CT molecular complexity index is 637. The van der Waals surface area contributed by atoms with Crippen LogP contribution < -0.4 is 5.32 Å². The van der Waals surface area contributed by atoms with Crippen LogP contribution >= 0.6 is 0 Å². The third-order valence-electron chi connectivity index (χ3n) is 4.59. The number of nitrogens with zero attached hydrogens (tertiary/aromatic N) is 1. The Hall–Kier alpha value is -1.38. The lowest BCUT2D eigenvalue weighted by molar-refractivity contribution is 0.0913. The second kappa shape index (κ2) is 7.67. The topological polar surface area (TPSA) is 88.9 Å². The fraction of sp³-hybridized carbons (Fsp3) is 0.688. The number of piperidine rings is 1. The van der Waals surface area contributed by atoms with Crippen LogP contribution in [0.2, 0.25) is 0 Å². The molecule has 0 aliphatic carbocycles. The highest BCUT2D eigenvalue weighted by atomic mass is 32.2. The van der Waals surface area contributed by atoms with Crippen molar-refractivity contribution >= 4 is 15.9 Å². The summed E-state index contributed by atoms with van der Waals surface area (Å²) in [4.78, 5) is 11.9. The molecule has 134 valence electrons.